The maximum absolute atomic E-state index is 5.83. The van der Waals surface area contributed by atoms with Crippen LogP contribution in [0.2, 0.25) is 0 Å². The molecule has 0 saturated carbocycles. The summed E-state index contributed by atoms with van der Waals surface area (Å²) in [6, 6.07) is 2.20. The predicted octanol–water partition coefficient (Wildman–Crippen LogP) is 2.95. The molecule has 1 aromatic heterocycles. The molecule has 2 unspecified atom stereocenters. The van der Waals surface area contributed by atoms with Gasteiger partial charge in [0.15, 0.2) is 0 Å². The molecule has 2 atom stereocenters. The third kappa shape index (κ3) is 4.80. The van der Waals surface area contributed by atoms with Gasteiger partial charge in [-0.15, -0.1) is 0 Å². The minimum absolute atomic E-state index is 0.155. The van der Waals surface area contributed by atoms with E-state index in [0.717, 1.165) is 30.9 Å². The number of nitrogens with zero attached hydrogens (tertiary/aromatic N) is 1. The molecule has 0 amide bonds. The number of rotatable bonds is 9. The third-order valence-corrected chi connectivity index (χ3v) is 2.98. The molecule has 0 aromatic carbocycles. The Kier molecular flexibility index (Phi) is 7.45. The number of nitrogens with one attached hydrogen (secondary N) is 1. The molecule has 1 heterocycles. The fourth-order valence-corrected chi connectivity index (χ4v) is 2.20. The molecular formula is C15H26N2O2. The number of hydrogen-bond donors (Lipinski definition) is 1. The molecule has 0 bridgehead atoms. The maximum atomic E-state index is 5.83. The van der Waals surface area contributed by atoms with Crippen molar-refractivity contribution in [2.45, 2.75) is 46.3 Å². The monoisotopic (exact) mass is 266 g/mol. The van der Waals surface area contributed by atoms with Crippen molar-refractivity contribution in [1.29, 1.82) is 0 Å². The predicted molar refractivity (Wildman–Crippen MR) is 77.5 cm³/mol. The Labute approximate surface area is 116 Å². The molecule has 1 aromatic rings. The molecule has 0 aliphatic carbocycles. The fourth-order valence-electron chi connectivity index (χ4n) is 2.20. The highest BCUT2D eigenvalue weighted by Gasteiger charge is 2.22. The van der Waals surface area contributed by atoms with Crippen molar-refractivity contribution in [1.82, 2.24) is 10.3 Å². The van der Waals surface area contributed by atoms with Crippen LogP contribution >= 0.6 is 0 Å². The second-order valence-corrected chi connectivity index (χ2v) is 4.32. The van der Waals surface area contributed by atoms with Crippen molar-refractivity contribution in [2.75, 3.05) is 19.8 Å². The summed E-state index contributed by atoms with van der Waals surface area (Å²) in [6.45, 7) is 10.5. The first-order valence-electron chi connectivity index (χ1n) is 7.19. The van der Waals surface area contributed by atoms with Gasteiger partial charge in [-0.05, 0) is 38.4 Å². The Morgan fingerprint density at radius 2 is 1.95 bits per heavy atom. The summed E-state index contributed by atoms with van der Waals surface area (Å²) >= 11 is 0. The molecule has 4 nitrogen and oxygen atoms in total. The zero-order valence-corrected chi connectivity index (χ0v) is 12.5. The Balaban J connectivity index is 2.93. The largest absolute Gasteiger partial charge is 0.492 e. The second-order valence-electron chi connectivity index (χ2n) is 4.32. The molecule has 4 heteroatoms. The molecule has 0 spiro atoms. The number of hydrogen-bond acceptors (Lipinski definition) is 4. The molecule has 108 valence electrons. The lowest BCUT2D eigenvalue weighted by molar-refractivity contribution is 0.0317. The van der Waals surface area contributed by atoms with Gasteiger partial charge in [0.1, 0.15) is 5.75 Å². The van der Waals surface area contributed by atoms with Crippen LogP contribution in [-0.4, -0.2) is 30.8 Å². The lowest BCUT2D eigenvalue weighted by Gasteiger charge is -2.27. The first-order valence-corrected chi connectivity index (χ1v) is 7.19. The lowest BCUT2D eigenvalue weighted by atomic mass is 10.0. The summed E-state index contributed by atoms with van der Waals surface area (Å²) in [5.74, 6) is 0.814. The summed E-state index contributed by atoms with van der Waals surface area (Å²) in [6.07, 6.45) is 4.75. The van der Waals surface area contributed by atoms with E-state index in [0.29, 0.717) is 6.61 Å². The van der Waals surface area contributed by atoms with E-state index in [1.54, 1.807) is 6.20 Å². The van der Waals surface area contributed by atoms with E-state index in [1.165, 1.54) is 0 Å². The van der Waals surface area contributed by atoms with Crippen molar-refractivity contribution >= 4 is 0 Å². The van der Waals surface area contributed by atoms with Gasteiger partial charge < -0.3 is 14.8 Å². The Morgan fingerprint density at radius 3 is 2.53 bits per heavy atom. The van der Waals surface area contributed by atoms with E-state index in [2.05, 4.69) is 24.1 Å². The molecule has 0 saturated heterocycles. The zero-order chi connectivity index (χ0) is 14.1. The van der Waals surface area contributed by atoms with Crippen molar-refractivity contribution in [3.8, 4) is 5.75 Å². The van der Waals surface area contributed by atoms with E-state index < -0.39 is 0 Å². The normalized spacial score (nSPS) is 14.1. The van der Waals surface area contributed by atoms with E-state index in [1.807, 2.05) is 26.1 Å². The molecule has 1 N–H and O–H groups in total. The number of likely N-dealkylation sites (N-methyl/N-ethyl adjacent to an activating group) is 1. The van der Waals surface area contributed by atoms with E-state index in [4.69, 9.17) is 9.47 Å². The fraction of sp³-hybridized carbons (Fsp3) is 0.667. The van der Waals surface area contributed by atoms with Crippen LogP contribution < -0.4 is 10.1 Å². The summed E-state index contributed by atoms with van der Waals surface area (Å²) in [5, 5.41) is 3.48. The number of pyridine rings is 1. The standard InChI is InChI=1S/C15H26N2O2/c1-5-14(19-8-4)15(17-6-2)12-9-13(18-7-3)11-16-10-12/h9-11,14-15,17H,5-8H2,1-4H3. The Bertz CT molecular complexity index is 358. The maximum Gasteiger partial charge on any atom is 0.137 e. The topological polar surface area (TPSA) is 43.4 Å². The molecule has 0 radical (unpaired) electrons. The van der Waals surface area contributed by atoms with Gasteiger partial charge in [-0.3, -0.25) is 4.98 Å². The first-order chi connectivity index (χ1) is 9.26. The average Bonchev–Trinajstić information content (AvgIpc) is 2.43. The summed E-state index contributed by atoms with van der Waals surface area (Å²) in [5.41, 5.74) is 1.12. The van der Waals surface area contributed by atoms with Crippen LogP contribution in [0.15, 0.2) is 18.5 Å². The Hall–Kier alpha value is -1.13. The van der Waals surface area contributed by atoms with Gasteiger partial charge in [0.2, 0.25) is 0 Å². The quantitative estimate of drug-likeness (QED) is 0.746. The van der Waals surface area contributed by atoms with Gasteiger partial charge in [0.05, 0.1) is 24.9 Å². The first kappa shape index (κ1) is 15.9. The number of aromatic nitrogens is 1. The molecule has 0 aliphatic rings. The van der Waals surface area contributed by atoms with Crippen molar-refractivity contribution in [3.05, 3.63) is 24.0 Å². The highest BCUT2D eigenvalue weighted by atomic mass is 16.5. The molecule has 0 aliphatic heterocycles. The van der Waals surface area contributed by atoms with Gasteiger partial charge >= 0.3 is 0 Å². The molecule has 0 fully saturated rings. The summed E-state index contributed by atoms with van der Waals surface area (Å²) in [4.78, 5) is 4.26. The van der Waals surface area contributed by atoms with Crippen molar-refractivity contribution in [3.63, 3.8) is 0 Å². The van der Waals surface area contributed by atoms with Gasteiger partial charge in [0, 0.05) is 12.8 Å². The van der Waals surface area contributed by atoms with Crippen molar-refractivity contribution < 1.29 is 9.47 Å². The molecular weight excluding hydrogens is 240 g/mol. The summed E-state index contributed by atoms with van der Waals surface area (Å²) in [7, 11) is 0. The summed E-state index contributed by atoms with van der Waals surface area (Å²) < 4.78 is 11.3. The third-order valence-electron chi connectivity index (χ3n) is 2.98. The highest BCUT2D eigenvalue weighted by Crippen LogP contribution is 2.24. The van der Waals surface area contributed by atoms with Crippen LogP contribution in [-0.2, 0) is 4.74 Å². The molecule has 1 rings (SSSR count). The zero-order valence-electron chi connectivity index (χ0n) is 12.5. The number of ether oxygens (including phenoxy) is 2. The van der Waals surface area contributed by atoms with Crippen LogP contribution in [0.25, 0.3) is 0 Å². The van der Waals surface area contributed by atoms with Gasteiger partial charge in [0.25, 0.3) is 0 Å². The minimum atomic E-state index is 0.155. The highest BCUT2D eigenvalue weighted by molar-refractivity contribution is 5.26. The SMILES string of the molecule is CCNC(c1cncc(OCC)c1)C(CC)OCC. The van der Waals surface area contributed by atoms with E-state index in [9.17, 15) is 0 Å². The van der Waals surface area contributed by atoms with Gasteiger partial charge in [-0.25, -0.2) is 0 Å². The van der Waals surface area contributed by atoms with Crippen LogP contribution in [0.3, 0.4) is 0 Å². The molecule has 19 heavy (non-hydrogen) atoms. The van der Waals surface area contributed by atoms with Crippen LogP contribution in [0.5, 0.6) is 5.75 Å². The lowest BCUT2D eigenvalue weighted by Crippen LogP contribution is -2.33. The van der Waals surface area contributed by atoms with Crippen LogP contribution in [0, 0.1) is 0 Å². The average molecular weight is 266 g/mol. The van der Waals surface area contributed by atoms with Gasteiger partial charge in [-0.1, -0.05) is 13.8 Å². The van der Waals surface area contributed by atoms with E-state index in [-0.39, 0.29) is 12.1 Å². The second kappa shape index (κ2) is 8.88. The van der Waals surface area contributed by atoms with Crippen LogP contribution in [0.4, 0.5) is 0 Å². The minimum Gasteiger partial charge on any atom is -0.492 e. The van der Waals surface area contributed by atoms with E-state index >= 15 is 0 Å². The Morgan fingerprint density at radius 1 is 1.16 bits per heavy atom. The van der Waals surface area contributed by atoms with Crippen molar-refractivity contribution in [2.24, 2.45) is 0 Å². The van der Waals surface area contributed by atoms with Gasteiger partial charge in [-0.2, -0.15) is 0 Å². The smallest absolute Gasteiger partial charge is 0.137 e. The van der Waals surface area contributed by atoms with Crippen LogP contribution in [0.1, 0.15) is 45.7 Å².